The van der Waals surface area contributed by atoms with E-state index in [0.717, 1.165) is 16.1 Å². The van der Waals surface area contributed by atoms with Gasteiger partial charge in [-0.15, -0.1) is 0 Å². The second kappa shape index (κ2) is 12.0. The van der Waals surface area contributed by atoms with Crippen molar-refractivity contribution in [3.8, 4) is 0 Å². The van der Waals surface area contributed by atoms with Crippen molar-refractivity contribution in [2.75, 3.05) is 17.1 Å². The monoisotopic (exact) mass is 575 g/mol. The number of carbonyl (C=O) groups excluding carboxylic acids is 2. The summed E-state index contributed by atoms with van der Waals surface area (Å²) in [6, 6.07) is 8.84. The fourth-order valence-electron chi connectivity index (χ4n) is 3.56. The van der Waals surface area contributed by atoms with Crippen LogP contribution in [0.2, 0.25) is 15.1 Å². The zero-order valence-electron chi connectivity index (χ0n) is 21.2. The van der Waals surface area contributed by atoms with Gasteiger partial charge >= 0.3 is 0 Å². The van der Waals surface area contributed by atoms with E-state index in [1.54, 1.807) is 44.2 Å². The van der Waals surface area contributed by atoms with Crippen LogP contribution < -0.4 is 9.62 Å². The molecular weight excluding hydrogens is 545 g/mol. The van der Waals surface area contributed by atoms with Gasteiger partial charge in [-0.1, -0.05) is 53.9 Å². The highest BCUT2D eigenvalue weighted by Crippen LogP contribution is 2.27. The molecule has 0 saturated heterocycles. The third-order valence-electron chi connectivity index (χ3n) is 5.34. The van der Waals surface area contributed by atoms with Crippen molar-refractivity contribution < 1.29 is 18.0 Å². The molecule has 11 heteroatoms. The zero-order valence-corrected chi connectivity index (χ0v) is 24.3. The Kier molecular flexibility index (Phi) is 10.1. The average molecular weight is 577 g/mol. The molecule has 1 N–H and O–H groups in total. The minimum atomic E-state index is -3.85. The Morgan fingerprint density at radius 3 is 2.14 bits per heavy atom. The van der Waals surface area contributed by atoms with Gasteiger partial charge < -0.3 is 10.2 Å². The number of aryl methyl sites for hydroxylation is 1. The van der Waals surface area contributed by atoms with E-state index in [1.807, 2.05) is 20.8 Å². The number of rotatable bonds is 9. The first-order chi connectivity index (χ1) is 16.5. The number of anilines is 1. The molecule has 36 heavy (non-hydrogen) atoms. The van der Waals surface area contributed by atoms with Crippen LogP contribution in [0.1, 0.15) is 45.2 Å². The molecule has 0 aliphatic heterocycles. The van der Waals surface area contributed by atoms with Gasteiger partial charge in [-0.25, -0.2) is 8.42 Å². The molecule has 7 nitrogen and oxygen atoms in total. The topological polar surface area (TPSA) is 86.8 Å². The van der Waals surface area contributed by atoms with Crippen LogP contribution in [-0.4, -0.2) is 49.5 Å². The molecule has 0 aliphatic carbocycles. The quantitative estimate of drug-likeness (QED) is 0.430. The summed E-state index contributed by atoms with van der Waals surface area (Å²) < 4.78 is 26.4. The molecular formula is C25H32Cl3N3O4S. The lowest BCUT2D eigenvalue weighted by atomic mass is 10.1. The first kappa shape index (κ1) is 30.2. The van der Waals surface area contributed by atoms with E-state index < -0.39 is 34.1 Å². The maximum atomic E-state index is 13.7. The van der Waals surface area contributed by atoms with Crippen LogP contribution in [0.5, 0.6) is 0 Å². The van der Waals surface area contributed by atoms with Crippen LogP contribution in [0.4, 0.5) is 5.69 Å². The summed E-state index contributed by atoms with van der Waals surface area (Å²) in [6.07, 6.45) is 1.32. The first-order valence-electron chi connectivity index (χ1n) is 11.3. The molecule has 0 fully saturated rings. The van der Waals surface area contributed by atoms with Crippen molar-refractivity contribution in [3.05, 3.63) is 62.6 Å². The SMILES string of the molecule is CC[C@H](C(=O)NC(C)(C)C)N(Cc1ccc(Cl)c(Cl)c1)C(=O)CN(c1ccc(C)c(Cl)c1)S(C)(=O)=O. The molecule has 2 amide bonds. The Bertz CT molecular complexity index is 1230. The van der Waals surface area contributed by atoms with Gasteiger partial charge in [-0.05, 0) is 69.5 Å². The average Bonchev–Trinajstić information content (AvgIpc) is 2.74. The Morgan fingerprint density at radius 2 is 1.64 bits per heavy atom. The molecule has 2 rings (SSSR count). The predicted molar refractivity (Wildman–Crippen MR) is 147 cm³/mol. The predicted octanol–water partition coefficient (Wildman–Crippen LogP) is 5.44. The molecule has 0 aromatic heterocycles. The first-order valence-corrected chi connectivity index (χ1v) is 14.3. The number of nitrogens with zero attached hydrogens (tertiary/aromatic N) is 2. The van der Waals surface area contributed by atoms with E-state index in [2.05, 4.69) is 5.32 Å². The van der Waals surface area contributed by atoms with Gasteiger partial charge in [0, 0.05) is 17.1 Å². The number of carbonyl (C=O) groups is 2. The number of sulfonamides is 1. The number of benzene rings is 2. The van der Waals surface area contributed by atoms with Crippen LogP contribution in [0.15, 0.2) is 36.4 Å². The van der Waals surface area contributed by atoms with Gasteiger partial charge in [0.1, 0.15) is 12.6 Å². The lowest BCUT2D eigenvalue weighted by molar-refractivity contribution is -0.141. The van der Waals surface area contributed by atoms with E-state index >= 15 is 0 Å². The smallest absolute Gasteiger partial charge is 0.244 e. The molecule has 0 spiro atoms. The van der Waals surface area contributed by atoms with E-state index in [-0.39, 0.29) is 18.1 Å². The Labute approximate surface area is 228 Å². The Balaban J connectivity index is 2.50. The molecule has 1 atom stereocenters. The molecule has 2 aromatic carbocycles. The molecule has 0 unspecified atom stereocenters. The molecule has 0 saturated carbocycles. The molecule has 0 bridgehead atoms. The maximum Gasteiger partial charge on any atom is 0.244 e. The second-order valence-electron chi connectivity index (χ2n) is 9.64. The third-order valence-corrected chi connectivity index (χ3v) is 7.63. The lowest BCUT2D eigenvalue weighted by Crippen LogP contribution is -2.55. The highest BCUT2D eigenvalue weighted by atomic mass is 35.5. The number of hydrogen-bond acceptors (Lipinski definition) is 4. The van der Waals surface area contributed by atoms with Crippen molar-refractivity contribution in [2.45, 2.75) is 59.2 Å². The van der Waals surface area contributed by atoms with Gasteiger partial charge in [0.25, 0.3) is 0 Å². The number of nitrogens with one attached hydrogen (secondary N) is 1. The van der Waals surface area contributed by atoms with Crippen LogP contribution >= 0.6 is 34.8 Å². The van der Waals surface area contributed by atoms with Gasteiger partial charge in [0.05, 0.1) is 22.0 Å². The van der Waals surface area contributed by atoms with Crippen molar-refractivity contribution in [1.82, 2.24) is 10.2 Å². The molecule has 198 valence electrons. The Morgan fingerprint density at radius 1 is 1.00 bits per heavy atom. The summed E-state index contributed by atoms with van der Waals surface area (Å²) in [5, 5.41) is 3.95. The fraction of sp³-hybridized carbons (Fsp3) is 0.440. The molecule has 2 aromatic rings. The zero-order chi connectivity index (χ0) is 27.4. The molecule has 0 radical (unpaired) electrons. The fourth-order valence-corrected chi connectivity index (χ4v) is 4.89. The highest BCUT2D eigenvalue weighted by Gasteiger charge is 2.33. The van der Waals surface area contributed by atoms with E-state index in [0.29, 0.717) is 27.1 Å². The Hall–Kier alpha value is -2.00. The number of halogens is 3. The van der Waals surface area contributed by atoms with E-state index in [9.17, 15) is 18.0 Å². The van der Waals surface area contributed by atoms with Crippen LogP contribution in [0, 0.1) is 6.92 Å². The summed E-state index contributed by atoms with van der Waals surface area (Å²) in [4.78, 5) is 28.2. The standard InChI is InChI=1S/C25H32Cl3N3O4S/c1-7-22(24(33)29-25(3,4)5)30(14-17-9-11-19(26)21(28)12-17)23(32)15-31(36(6,34)35)18-10-8-16(2)20(27)13-18/h8-13,22H,7,14-15H2,1-6H3,(H,29,33)/t22-/m1/s1. The van der Waals surface area contributed by atoms with E-state index in [4.69, 9.17) is 34.8 Å². The van der Waals surface area contributed by atoms with Crippen molar-refractivity contribution in [3.63, 3.8) is 0 Å². The summed E-state index contributed by atoms with van der Waals surface area (Å²) in [5.74, 6) is -0.901. The van der Waals surface area contributed by atoms with Gasteiger partial charge in [-0.3, -0.25) is 13.9 Å². The van der Waals surface area contributed by atoms with E-state index in [1.165, 1.54) is 11.0 Å². The number of hydrogen-bond donors (Lipinski definition) is 1. The van der Waals surface area contributed by atoms with Crippen LogP contribution in [0.3, 0.4) is 0 Å². The van der Waals surface area contributed by atoms with Crippen LogP contribution in [0.25, 0.3) is 0 Å². The normalized spacial score (nSPS) is 12.7. The van der Waals surface area contributed by atoms with Crippen molar-refractivity contribution in [1.29, 1.82) is 0 Å². The highest BCUT2D eigenvalue weighted by molar-refractivity contribution is 7.92. The molecule has 0 aliphatic rings. The van der Waals surface area contributed by atoms with Gasteiger partial charge in [0.15, 0.2) is 0 Å². The lowest BCUT2D eigenvalue weighted by Gasteiger charge is -2.34. The minimum Gasteiger partial charge on any atom is -0.350 e. The summed E-state index contributed by atoms with van der Waals surface area (Å²) in [6.45, 7) is 8.62. The largest absolute Gasteiger partial charge is 0.350 e. The summed E-state index contributed by atoms with van der Waals surface area (Å²) >= 11 is 18.4. The summed E-state index contributed by atoms with van der Waals surface area (Å²) in [5.41, 5.74) is 1.14. The molecule has 0 heterocycles. The number of amides is 2. The van der Waals surface area contributed by atoms with Crippen molar-refractivity contribution in [2.24, 2.45) is 0 Å². The maximum absolute atomic E-state index is 13.7. The third kappa shape index (κ3) is 8.26. The van der Waals surface area contributed by atoms with Crippen LogP contribution in [-0.2, 0) is 26.2 Å². The summed E-state index contributed by atoms with van der Waals surface area (Å²) in [7, 11) is -3.85. The van der Waals surface area contributed by atoms with Crippen molar-refractivity contribution >= 4 is 62.3 Å². The second-order valence-corrected chi connectivity index (χ2v) is 12.8. The minimum absolute atomic E-state index is 0.0258. The van der Waals surface area contributed by atoms with Gasteiger partial charge in [0.2, 0.25) is 21.8 Å². The van der Waals surface area contributed by atoms with Gasteiger partial charge in [-0.2, -0.15) is 0 Å².